The SMILES string of the molecule is CNc1cccc(C(N)c2csc3ccccc23)c1. The van der Waals surface area contributed by atoms with Gasteiger partial charge in [0.2, 0.25) is 0 Å². The number of nitrogens with two attached hydrogens (primary N) is 1. The third-order valence-electron chi connectivity index (χ3n) is 3.38. The second kappa shape index (κ2) is 5.03. The Labute approximate surface area is 116 Å². The van der Waals surface area contributed by atoms with Gasteiger partial charge >= 0.3 is 0 Å². The van der Waals surface area contributed by atoms with Crippen LogP contribution in [0.1, 0.15) is 17.2 Å². The first-order valence-electron chi connectivity index (χ1n) is 6.29. The third kappa shape index (κ3) is 2.23. The topological polar surface area (TPSA) is 38.0 Å². The van der Waals surface area contributed by atoms with Gasteiger partial charge in [0.1, 0.15) is 0 Å². The number of hydrogen-bond donors (Lipinski definition) is 2. The Hall–Kier alpha value is -1.84. The van der Waals surface area contributed by atoms with Gasteiger partial charge in [-0.05, 0) is 40.1 Å². The summed E-state index contributed by atoms with van der Waals surface area (Å²) in [5.41, 5.74) is 9.86. The van der Waals surface area contributed by atoms with E-state index in [0.29, 0.717) is 0 Å². The predicted octanol–water partition coefficient (Wildman–Crippen LogP) is 3.99. The van der Waals surface area contributed by atoms with Crippen LogP contribution in [-0.2, 0) is 0 Å². The van der Waals surface area contributed by atoms with Gasteiger partial charge in [-0.15, -0.1) is 11.3 Å². The van der Waals surface area contributed by atoms with Crippen LogP contribution < -0.4 is 11.1 Å². The van der Waals surface area contributed by atoms with Crippen molar-refractivity contribution >= 4 is 27.1 Å². The second-order valence-corrected chi connectivity index (χ2v) is 5.45. The van der Waals surface area contributed by atoms with Crippen molar-refractivity contribution in [3.63, 3.8) is 0 Å². The lowest BCUT2D eigenvalue weighted by Crippen LogP contribution is -2.11. The average Bonchev–Trinajstić information content (AvgIpc) is 2.90. The van der Waals surface area contributed by atoms with Gasteiger partial charge < -0.3 is 11.1 Å². The zero-order valence-corrected chi connectivity index (χ0v) is 11.6. The molecule has 3 rings (SSSR count). The molecule has 19 heavy (non-hydrogen) atoms. The quantitative estimate of drug-likeness (QED) is 0.753. The standard InChI is InChI=1S/C16H16N2S/c1-18-12-6-4-5-11(9-12)16(17)14-10-19-15-8-3-2-7-13(14)15/h2-10,16,18H,17H2,1H3. The van der Waals surface area contributed by atoms with Gasteiger partial charge in [0, 0.05) is 17.4 Å². The lowest BCUT2D eigenvalue weighted by atomic mass is 9.99. The van der Waals surface area contributed by atoms with E-state index in [1.165, 1.54) is 15.6 Å². The molecule has 1 heterocycles. The maximum Gasteiger partial charge on any atom is 0.0566 e. The zero-order valence-electron chi connectivity index (χ0n) is 10.8. The highest BCUT2D eigenvalue weighted by Gasteiger charge is 2.13. The van der Waals surface area contributed by atoms with Gasteiger partial charge in [-0.3, -0.25) is 0 Å². The molecular weight excluding hydrogens is 252 g/mol. The van der Waals surface area contributed by atoms with Gasteiger partial charge in [-0.1, -0.05) is 30.3 Å². The fourth-order valence-electron chi connectivity index (χ4n) is 2.31. The van der Waals surface area contributed by atoms with Crippen molar-refractivity contribution in [3.8, 4) is 0 Å². The molecule has 1 aromatic heterocycles. The van der Waals surface area contributed by atoms with E-state index in [0.717, 1.165) is 11.3 Å². The number of hydrogen-bond acceptors (Lipinski definition) is 3. The van der Waals surface area contributed by atoms with E-state index in [1.807, 2.05) is 19.2 Å². The van der Waals surface area contributed by atoms with Crippen molar-refractivity contribution < 1.29 is 0 Å². The fourth-order valence-corrected chi connectivity index (χ4v) is 3.30. The molecule has 0 saturated carbocycles. The molecule has 0 aliphatic heterocycles. The van der Waals surface area contributed by atoms with Crippen molar-refractivity contribution in [2.24, 2.45) is 5.73 Å². The number of fused-ring (bicyclic) bond motifs is 1. The first-order chi connectivity index (χ1) is 9.29. The van der Waals surface area contributed by atoms with Gasteiger partial charge in [0.15, 0.2) is 0 Å². The molecule has 3 N–H and O–H groups in total. The molecule has 96 valence electrons. The molecule has 1 unspecified atom stereocenters. The molecular formula is C16H16N2S. The first kappa shape index (κ1) is 12.2. The van der Waals surface area contributed by atoms with Crippen LogP contribution in [0.5, 0.6) is 0 Å². The number of rotatable bonds is 3. The Morgan fingerprint density at radius 2 is 1.95 bits per heavy atom. The maximum atomic E-state index is 6.43. The summed E-state index contributed by atoms with van der Waals surface area (Å²) >= 11 is 1.75. The van der Waals surface area contributed by atoms with Crippen molar-refractivity contribution in [3.05, 3.63) is 65.0 Å². The minimum absolute atomic E-state index is 0.0792. The summed E-state index contributed by atoms with van der Waals surface area (Å²) in [6, 6.07) is 16.6. The summed E-state index contributed by atoms with van der Waals surface area (Å²) in [6.45, 7) is 0. The molecule has 2 aromatic carbocycles. The van der Waals surface area contributed by atoms with Crippen LogP contribution in [-0.4, -0.2) is 7.05 Å². The van der Waals surface area contributed by atoms with Crippen molar-refractivity contribution in [1.29, 1.82) is 0 Å². The molecule has 0 spiro atoms. The zero-order chi connectivity index (χ0) is 13.2. The molecule has 0 saturated heterocycles. The average molecular weight is 268 g/mol. The van der Waals surface area contributed by atoms with Crippen molar-refractivity contribution in [2.75, 3.05) is 12.4 Å². The summed E-state index contributed by atoms with van der Waals surface area (Å²) in [6.07, 6.45) is 0. The maximum absolute atomic E-state index is 6.43. The largest absolute Gasteiger partial charge is 0.388 e. The molecule has 0 aliphatic rings. The highest BCUT2D eigenvalue weighted by molar-refractivity contribution is 7.17. The lowest BCUT2D eigenvalue weighted by molar-refractivity contribution is 0.885. The molecule has 3 heteroatoms. The van der Waals surface area contributed by atoms with Crippen LogP contribution in [0.3, 0.4) is 0 Å². The Balaban J connectivity index is 2.05. The smallest absolute Gasteiger partial charge is 0.0566 e. The first-order valence-corrected chi connectivity index (χ1v) is 7.17. The molecule has 3 aromatic rings. The van der Waals surface area contributed by atoms with Crippen LogP contribution in [0.4, 0.5) is 5.69 Å². The summed E-state index contributed by atoms with van der Waals surface area (Å²) in [4.78, 5) is 0. The molecule has 2 nitrogen and oxygen atoms in total. The van der Waals surface area contributed by atoms with E-state index >= 15 is 0 Å². The normalized spacial score (nSPS) is 12.5. The van der Waals surface area contributed by atoms with E-state index in [1.54, 1.807) is 11.3 Å². The molecule has 1 atom stereocenters. The van der Waals surface area contributed by atoms with Crippen LogP contribution >= 0.6 is 11.3 Å². The molecule has 0 radical (unpaired) electrons. The number of thiophene rings is 1. The highest BCUT2D eigenvalue weighted by atomic mass is 32.1. The second-order valence-electron chi connectivity index (χ2n) is 4.54. The van der Waals surface area contributed by atoms with Crippen LogP contribution in [0, 0.1) is 0 Å². The van der Waals surface area contributed by atoms with E-state index in [9.17, 15) is 0 Å². The Morgan fingerprint density at radius 3 is 2.79 bits per heavy atom. The van der Waals surface area contributed by atoms with Gasteiger partial charge in [-0.25, -0.2) is 0 Å². The van der Waals surface area contributed by atoms with E-state index in [4.69, 9.17) is 5.73 Å². The summed E-state index contributed by atoms with van der Waals surface area (Å²) in [5.74, 6) is 0. The van der Waals surface area contributed by atoms with Gasteiger partial charge in [0.25, 0.3) is 0 Å². The minimum atomic E-state index is -0.0792. The third-order valence-corrected chi connectivity index (χ3v) is 4.36. The molecule has 0 bridgehead atoms. The summed E-state index contributed by atoms with van der Waals surface area (Å²) in [5, 5.41) is 6.58. The molecule has 0 fully saturated rings. The number of nitrogens with one attached hydrogen (secondary N) is 1. The Bertz CT molecular complexity index is 703. The Morgan fingerprint density at radius 1 is 1.11 bits per heavy atom. The molecule has 0 aliphatic carbocycles. The van der Waals surface area contributed by atoms with Crippen LogP contribution in [0.2, 0.25) is 0 Å². The van der Waals surface area contributed by atoms with Crippen molar-refractivity contribution in [2.45, 2.75) is 6.04 Å². The summed E-state index contributed by atoms with van der Waals surface area (Å²) in [7, 11) is 1.92. The molecule has 0 amide bonds. The van der Waals surface area contributed by atoms with Crippen LogP contribution in [0.15, 0.2) is 53.9 Å². The monoisotopic (exact) mass is 268 g/mol. The minimum Gasteiger partial charge on any atom is -0.388 e. The summed E-state index contributed by atoms with van der Waals surface area (Å²) < 4.78 is 1.29. The highest BCUT2D eigenvalue weighted by Crippen LogP contribution is 2.32. The van der Waals surface area contributed by atoms with E-state index in [-0.39, 0.29) is 6.04 Å². The van der Waals surface area contributed by atoms with E-state index < -0.39 is 0 Å². The fraction of sp³-hybridized carbons (Fsp3) is 0.125. The van der Waals surface area contributed by atoms with Gasteiger partial charge in [-0.2, -0.15) is 0 Å². The van der Waals surface area contributed by atoms with E-state index in [2.05, 4.69) is 47.1 Å². The van der Waals surface area contributed by atoms with Crippen molar-refractivity contribution in [1.82, 2.24) is 0 Å². The lowest BCUT2D eigenvalue weighted by Gasteiger charge is -2.13. The van der Waals surface area contributed by atoms with Gasteiger partial charge in [0.05, 0.1) is 6.04 Å². The number of benzene rings is 2. The number of anilines is 1. The predicted molar refractivity (Wildman–Crippen MR) is 83.8 cm³/mol. The Kier molecular flexibility index (Phi) is 3.23. The van der Waals surface area contributed by atoms with Crippen LogP contribution in [0.25, 0.3) is 10.1 Å².